The molecule has 0 spiro atoms. The van der Waals surface area contributed by atoms with Crippen molar-refractivity contribution in [2.24, 2.45) is 0 Å². The molecule has 0 aliphatic heterocycles. The number of nitrogens with zero attached hydrogens (tertiary/aromatic N) is 2. The standard InChI is InChI=1S/C16H20BrClN2S/c1-3-21-13-6-5-12(9-13)20-15-7-4-11(17)8-14(15)19-16(20)10(2)18/h4,7-8,10,12-13H,3,5-6,9H2,1-2H3. The number of alkyl halides is 1. The van der Waals surface area contributed by atoms with Crippen molar-refractivity contribution in [1.29, 1.82) is 0 Å². The Morgan fingerprint density at radius 3 is 3.00 bits per heavy atom. The van der Waals surface area contributed by atoms with Crippen LogP contribution in [0.5, 0.6) is 0 Å². The van der Waals surface area contributed by atoms with Crippen LogP contribution in [0.15, 0.2) is 22.7 Å². The molecule has 1 heterocycles. The van der Waals surface area contributed by atoms with E-state index in [1.165, 1.54) is 30.5 Å². The van der Waals surface area contributed by atoms with Gasteiger partial charge in [-0.05, 0) is 50.1 Å². The van der Waals surface area contributed by atoms with E-state index in [9.17, 15) is 0 Å². The predicted octanol–water partition coefficient (Wildman–Crippen LogP) is 5.95. The molecular formula is C16H20BrClN2S. The molecule has 114 valence electrons. The van der Waals surface area contributed by atoms with Crippen molar-refractivity contribution in [3.05, 3.63) is 28.5 Å². The first-order valence-electron chi connectivity index (χ1n) is 7.53. The monoisotopic (exact) mass is 386 g/mol. The lowest BCUT2D eigenvalue weighted by Crippen LogP contribution is -2.11. The molecule has 0 amide bonds. The molecule has 0 radical (unpaired) electrons. The molecule has 1 fully saturated rings. The number of rotatable bonds is 4. The molecule has 1 aromatic heterocycles. The molecule has 0 bridgehead atoms. The largest absolute Gasteiger partial charge is 0.324 e. The third-order valence-electron chi connectivity index (χ3n) is 4.16. The Bertz CT molecular complexity index is 640. The third-order valence-corrected chi connectivity index (χ3v) is 6.08. The molecule has 3 rings (SSSR count). The maximum absolute atomic E-state index is 6.40. The van der Waals surface area contributed by atoms with E-state index in [4.69, 9.17) is 16.6 Å². The van der Waals surface area contributed by atoms with Crippen LogP contribution < -0.4 is 0 Å². The zero-order chi connectivity index (χ0) is 15.0. The van der Waals surface area contributed by atoms with Gasteiger partial charge >= 0.3 is 0 Å². The van der Waals surface area contributed by atoms with Crippen LogP contribution in [0, 0.1) is 0 Å². The van der Waals surface area contributed by atoms with Crippen LogP contribution in [-0.2, 0) is 0 Å². The lowest BCUT2D eigenvalue weighted by Gasteiger charge is -2.18. The molecule has 3 atom stereocenters. The third kappa shape index (κ3) is 3.13. The molecule has 21 heavy (non-hydrogen) atoms. The van der Waals surface area contributed by atoms with E-state index in [2.05, 4.69) is 57.4 Å². The quantitative estimate of drug-likeness (QED) is 0.604. The fourth-order valence-corrected chi connectivity index (χ4v) is 4.93. The van der Waals surface area contributed by atoms with Gasteiger partial charge in [0.15, 0.2) is 0 Å². The maximum atomic E-state index is 6.40. The van der Waals surface area contributed by atoms with Crippen molar-refractivity contribution in [2.75, 3.05) is 5.75 Å². The van der Waals surface area contributed by atoms with Crippen LogP contribution >= 0.6 is 39.3 Å². The minimum atomic E-state index is -0.0611. The summed E-state index contributed by atoms with van der Waals surface area (Å²) in [7, 11) is 0. The minimum Gasteiger partial charge on any atom is -0.324 e. The van der Waals surface area contributed by atoms with Gasteiger partial charge in [-0.2, -0.15) is 11.8 Å². The fourth-order valence-electron chi connectivity index (χ4n) is 3.29. The normalized spacial score (nSPS) is 23.8. The number of halogens is 2. The van der Waals surface area contributed by atoms with Gasteiger partial charge in [0.1, 0.15) is 5.82 Å². The van der Waals surface area contributed by atoms with Gasteiger partial charge in [0.05, 0.1) is 16.4 Å². The van der Waals surface area contributed by atoms with Gasteiger partial charge in [-0.15, -0.1) is 11.6 Å². The maximum Gasteiger partial charge on any atom is 0.127 e. The molecule has 2 aromatic rings. The van der Waals surface area contributed by atoms with Crippen molar-refractivity contribution in [2.45, 2.75) is 49.8 Å². The van der Waals surface area contributed by atoms with Crippen LogP contribution in [0.3, 0.4) is 0 Å². The van der Waals surface area contributed by atoms with Gasteiger partial charge in [0, 0.05) is 15.8 Å². The molecule has 2 nitrogen and oxygen atoms in total. The number of hydrogen-bond donors (Lipinski definition) is 0. The first-order valence-corrected chi connectivity index (χ1v) is 9.81. The fraction of sp³-hybridized carbons (Fsp3) is 0.562. The second kappa shape index (κ2) is 6.51. The Kier molecular flexibility index (Phi) is 4.87. The summed E-state index contributed by atoms with van der Waals surface area (Å²) in [5.74, 6) is 2.21. The summed E-state index contributed by atoms with van der Waals surface area (Å²) in [6.45, 7) is 4.26. The van der Waals surface area contributed by atoms with Crippen LogP contribution in [0.4, 0.5) is 0 Å². The lowest BCUT2D eigenvalue weighted by molar-refractivity contribution is 0.511. The summed E-state index contributed by atoms with van der Waals surface area (Å²) in [5.41, 5.74) is 2.26. The van der Waals surface area contributed by atoms with E-state index in [0.29, 0.717) is 6.04 Å². The average Bonchev–Trinajstić information content (AvgIpc) is 3.02. The predicted molar refractivity (Wildman–Crippen MR) is 96.5 cm³/mol. The SMILES string of the molecule is CCSC1CCC(n2c(C(C)Cl)nc3cc(Br)ccc32)C1. The number of imidazole rings is 1. The van der Waals surface area contributed by atoms with Gasteiger partial charge in [-0.25, -0.2) is 4.98 Å². The smallest absolute Gasteiger partial charge is 0.127 e. The van der Waals surface area contributed by atoms with Crippen molar-refractivity contribution in [3.63, 3.8) is 0 Å². The lowest BCUT2D eigenvalue weighted by atomic mass is 10.2. The highest BCUT2D eigenvalue weighted by Gasteiger charge is 2.29. The van der Waals surface area contributed by atoms with E-state index in [-0.39, 0.29) is 5.38 Å². The van der Waals surface area contributed by atoms with E-state index in [1.54, 1.807) is 0 Å². The highest BCUT2D eigenvalue weighted by atomic mass is 79.9. The molecule has 5 heteroatoms. The Morgan fingerprint density at radius 1 is 1.48 bits per heavy atom. The Labute approximate surface area is 143 Å². The Hall–Kier alpha value is -0.190. The summed E-state index contributed by atoms with van der Waals surface area (Å²) in [4.78, 5) is 4.78. The number of benzene rings is 1. The van der Waals surface area contributed by atoms with Gasteiger partial charge in [-0.3, -0.25) is 0 Å². The zero-order valence-electron chi connectivity index (χ0n) is 12.4. The summed E-state index contributed by atoms with van der Waals surface area (Å²) in [5, 5.41) is 0.723. The number of thioether (sulfide) groups is 1. The molecule has 0 N–H and O–H groups in total. The Balaban J connectivity index is 2.02. The van der Waals surface area contributed by atoms with E-state index in [0.717, 1.165) is 21.1 Å². The molecule has 1 aliphatic rings. The second-order valence-corrected chi connectivity index (χ2v) is 8.78. The summed E-state index contributed by atoms with van der Waals surface area (Å²) < 4.78 is 3.47. The first kappa shape index (κ1) is 15.7. The molecule has 1 aromatic carbocycles. The van der Waals surface area contributed by atoms with Gasteiger partial charge in [0.2, 0.25) is 0 Å². The van der Waals surface area contributed by atoms with Crippen molar-refractivity contribution >= 4 is 50.3 Å². The minimum absolute atomic E-state index is 0.0611. The highest BCUT2D eigenvalue weighted by Crippen LogP contribution is 2.41. The average molecular weight is 388 g/mol. The summed E-state index contributed by atoms with van der Waals surface area (Å²) >= 11 is 12.0. The Morgan fingerprint density at radius 2 is 2.29 bits per heavy atom. The molecule has 1 aliphatic carbocycles. The van der Waals surface area contributed by atoms with Gasteiger partial charge in [0.25, 0.3) is 0 Å². The molecule has 1 saturated carbocycles. The van der Waals surface area contributed by atoms with Crippen molar-refractivity contribution in [3.8, 4) is 0 Å². The molecule has 0 saturated heterocycles. The van der Waals surface area contributed by atoms with Crippen molar-refractivity contribution in [1.82, 2.24) is 9.55 Å². The number of hydrogen-bond acceptors (Lipinski definition) is 2. The molecule has 3 unspecified atom stereocenters. The van der Waals surface area contributed by atoms with Crippen LogP contribution in [0.1, 0.15) is 50.4 Å². The van der Waals surface area contributed by atoms with Crippen LogP contribution in [0.2, 0.25) is 0 Å². The van der Waals surface area contributed by atoms with Crippen molar-refractivity contribution < 1.29 is 0 Å². The van der Waals surface area contributed by atoms with Crippen LogP contribution in [0.25, 0.3) is 11.0 Å². The topological polar surface area (TPSA) is 17.8 Å². The number of aromatic nitrogens is 2. The first-order chi connectivity index (χ1) is 10.1. The van der Waals surface area contributed by atoms with Gasteiger partial charge < -0.3 is 4.57 Å². The van der Waals surface area contributed by atoms with E-state index in [1.807, 2.05) is 6.92 Å². The molecular weight excluding hydrogens is 368 g/mol. The number of fused-ring (bicyclic) bond motifs is 1. The summed E-state index contributed by atoms with van der Waals surface area (Å²) in [6.07, 6.45) is 3.77. The zero-order valence-corrected chi connectivity index (χ0v) is 15.5. The van der Waals surface area contributed by atoms with Gasteiger partial charge in [-0.1, -0.05) is 22.9 Å². The second-order valence-electron chi connectivity index (χ2n) is 5.63. The summed E-state index contributed by atoms with van der Waals surface area (Å²) in [6, 6.07) is 6.88. The van der Waals surface area contributed by atoms with E-state index >= 15 is 0 Å². The van der Waals surface area contributed by atoms with E-state index < -0.39 is 0 Å². The van der Waals surface area contributed by atoms with Crippen LogP contribution in [-0.4, -0.2) is 20.6 Å². The highest BCUT2D eigenvalue weighted by molar-refractivity contribution is 9.10.